The lowest BCUT2D eigenvalue weighted by molar-refractivity contribution is -0.225. The van der Waals surface area contributed by atoms with Crippen LogP contribution in [0, 0.1) is 0 Å². The topological polar surface area (TPSA) is 180 Å². The zero-order valence-electron chi connectivity index (χ0n) is 36.3. The molecular weight excluding hydrogens is 1040 g/mol. The van der Waals surface area contributed by atoms with Crippen LogP contribution in [0.15, 0.2) is 30.3 Å². The minimum absolute atomic E-state index is 0.0247. The van der Waals surface area contributed by atoms with Crippen molar-refractivity contribution in [3.8, 4) is 28.7 Å². The molecule has 3 heterocycles. The molecule has 0 unspecified atom stereocenters. The van der Waals surface area contributed by atoms with E-state index in [9.17, 15) is 14.4 Å². The lowest BCUT2D eigenvalue weighted by atomic mass is 10.1. The summed E-state index contributed by atoms with van der Waals surface area (Å²) in [4.78, 5) is 36.8. The molecule has 0 spiro atoms. The number of benzene rings is 4. The quantitative estimate of drug-likeness (QED) is 0.0617. The molecule has 66 heavy (non-hydrogen) atoms. The summed E-state index contributed by atoms with van der Waals surface area (Å²) in [6.07, 6.45) is 1.78. The van der Waals surface area contributed by atoms with E-state index in [-0.39, 0.29) is 96.6 Å². The second-order valence-electron chi connectivity index (χ2n) is 13.5. The molecule has 3 amide bonds. The predicted molar refractivity (Wildman–Crippen MR) is 249 cm³/mol. The van der Waals surface area contributed by atoms with Crippen LogP contribution in [0.2, 0.25) is 40.2 Å². The predicted octanol–water partition coefficient (Wildman–Crippen LogP) is 10.7. The molecule has 4 aromatic carbocycles. The van der Waals surface area contributed by atoms with Crippen LogP contribution in [0.25, 0.3) is 0 Å². The zero-order valence-corrected chi connectivity index (χ0v) is 42.4. The molecule has 0 radical (unpaired) electrons. The van der Waals surface area contributed by atoms with Crippen molar-refractivity contribution in [2.45, 2.75) is 37.5 Å². The highest BCUT2D eigenvalue weighted by Crippen LogP contribution is 2.54. The number of halogens is 8. The van der Waals surface area contributed by atoms with Crippen LogP contribution in [-0.2, 0) is 46.2 Å². The lowest BCUT2D eigenvalue weighted by Crippen LogP contribution is -2.43. The highest BCUT2D eigenvalue weighted by Gasteiger charge is 2.52. The molecule has 0 saturated carbocycles. The van der Waals surface area contributed by atoms with Crippen LogP contribution < -0.4 is 34.9 Å². The summed E-state index contributed by atoms with van der Waals surface area (Å²) in [6.45, 7) is 2.45. The molecule has 3 aliphatic rings. The molecule has 3 N–H and O–H groups in total. The van der Waals surface area contributed by atoms with Gasteiger partial charge < -0.3 is 47.4 Å². The fraction of sp³-hybridized carbons (Fsp3) is 0.357. The third kappa shape index (κ3) is 9.23. The molecule has 16 nitrogen and oxygen atoms in total. The normalized spacial score (nSPS) is 15.5. The highest BCUT2D eigenvalue weighted by atomic mass is 35.5. The van der Waals surface area contributed by atoms with E-state index in [4.69, 9.17) is 140 Å². The summed E-state index contributed by atoms with van der Waals surface area (Å²) in [7, 11) is 11.1. The summed E-state index contributed by atoms with van der Waals surface area (Å²) in [6, 6.07) is 8.87. The van der Waals surface area contributed by atoms with Crippen molar-refractivity contribution in [3.05, 3.63) is 104 Å². The second-order valence-corrected chi connectivity index (χ2v) is 16.6. The summed E-state index contributed by atoms with van der Waals surface area (Å²) in [5, 5.41) is 8.36. The van der Waals surface area contributed by atoms with Gasteiger partial charge in [-0.05, 0) is 18.6 Å². The van der Waals surface area contributed by atoms with Crippen LogP contribution >= 0.6 is 92.8 Å². The number of fused-ring (bicyclic) bond motifs is 3. The molecule has 0 saturated heterocycles. The number of para-hydroxylation sites is 1. The summed E-state index contributed by atoms with van der Waals surface area (Å²) in [5.74, 6) is -4.88. The van der Waals surface area contributed by atoms with Crippen LogP contribution in [0.4, 0.5) is 0 Å². The van der Waals surface area contributed by atoms with Gasteiger partial charge >= 0.3 is 0 Å². The SMILES string of the molecule is CCCCOc1c(Cl)c(Cl)c2c(c1Cl)C(=O)NC2(OC)OC.COC1(OC)NC(=O)c2c(Cl)c(Oc3ccccc3)c(Cl)c(Cl)c21.COc1c(Cl)c(OC)c2c(c1Cl)C(=O)NC2(OC)OC. The van der Waals surface area contributed by atoms with E-state index in [1.165, 1.54) is 56.9 Å². The van der Waals surface area contributed by atoms with E-state index in [1.54, 1.807) is 24.3 Å². The number of nitrogens with one attached hydrogen (secondary N) is 3. The van der Waals surface area contributed by atoms with Gasteiger partial charge in [-0.1, -0.05) is 124 Å². The van der Waals surface area contributed by atoms with Crippen molar-refractivity contribution < 1.29 is 61.8 Å². The molecule has 4 aromatic rings. The van der Waals surface area contributed by atoms with Gasteiger partial charge in [-0.2, -0.15) is 0 Å². The Labute approximate surface area is 419 Å². The van der Waals surface area contributed by atoms with Crippen molar-refractivity contribution in [1.29, 1.82) is 0 Å². The number of hydrogen-bond acceptors (Lipinski definition) is 13. The van der Waals surface area contributed by atoms with Crippen LogP contribution in [0.1, 0.15) is 67.5 Å². The van der Waals surface area contributed by atoms with E-state index < -0.39 is 35.5 Å². The van der Waals surface area contributed by atoms with E-state index >= 15 is 0 Å². The number of methoxy groups -OCH3 is 8. The van der Waals surface area contributed by atoms with Gasteiger partial charge in [0.05, 0.1) is 79.3 Å². The molecule has 0 atom stereocenters. The smallest absolute Gasteiger partial charge is 0.284 e. The van der Waals surface area contributed by atoms with Crippen molar-refractivity contribution in [3.63, 3.8) is 0 Å². The Kier molecular flexibility index (Phi) is 17.8. The van der Waals surface area contributed by atoms with Crippen LogP contribution in [0.3, 0.4) is 0 Å². The maximum atomic E-state index is 12.4. The van der Waals surface area contributed by atoms with E-state index in [0.717, 1.165) is 12.8 Å². The van der Waals surface area contributed by atoms with Gasteiger partial charge in [0.2, 0.25) is 0 Å². The van der Waals surface area contributed by atoms with Gasteiger partial charge in [0, 0.05) is 42.7 Å². The first-order valence-corrected chi connectivity index (χ1v) is 22.1. The summed E-state index contributed by atoms with van der Waals surface area (Å²) in [5.41, 5.74) is 1.14. The maximum Gasteiger partial charge on any atom is 0.284 e. The molecular formula is C42H41Cl8N3O13. The molecule has 358 valence electrons. The Morgan fingerprint density at radius 1 is 0.455 bits per heavy atom. The molecule has 0 aliphatic carbocycles. The Hall–Kier alpha value is -3.43. The fourth-order valence-corrected chi connectivity index (χ4v) is 9.56. The first-order valence-electron chi connectivity index (χ1n) is 19.0. The van der Waals surface area contributed by atoms with Crippen LogP contribution in [0.5, 0.6) is 28.7 Å². The lowest BCUT2D eigenvalue weighted by Gasteiger charge is -2.28. The number of carbonyl (C=O) groups excluding carboxylic acids is 3. The number of rotatable bonds is 14. The van der Waals surface area contributed by atoms with Gasteiger partial charge in [0.15, 0.2) is 23.0 Å². The first kappa shape index (κ1) is 53.5. The average Bonchev–Trinajstić information content (AvgIpc) is 3.92. The van der Waals surface area contributed by atoms with Gasteiger partial charge in [0.25, 0.3) is 35.5 Å². The Morgan fingerprint density at radius 3 is 1.24 bits per heavy atom. The highest BCUT2D eigenvalue weighted by molar-refractivity contribution is 6.48. The third-order valence-electron chi connectivity index (χ3n) is 10.2. The Balaban J connectivity index is 0.000000186. The summed E-state index contributed by atoms with van der Waals surface area (Å²) >= 11 is 50.3. The van der Waals surface area contributed by atoms with Crippen molar-refractivity contribution in [1.82, 2.24) is 16.0 Å². The van der Waals surface area contributed by atoms with Crippen molar-refractivity contribution in [2.24, 2.45) is 0 Å². The number of ether oxygens (including phenoxy) is 10. The number of hydrogen-bond donors (Lipinski definition) is 3. The second kappa shape index (κ2) is 21.9. The van der Waals surface area contributed by atoms with Crippen molar-refractivity contribution in [2.75, 3.05) is 63.5 Å². The van der Waals surface area contributed by atoms with E-state index in [1.807, 2.05) is 13.0 Å². The standard InChI is InChI=1S/C16H12Cl3NO4.C14H16Cl3NO4.C12H13Cl2NO5/c1-22-16(23-2)10-9(15(21)20-16)11(17)14(13(19)12(10)18)24-8-6-4-3-5-7-8;1-4-5-6-22-12-9(15)7-8(10(16)11(12)17)14(20-2,21-3)18-13(7)19;1-17-9-6-5(7(13)10(18-2)8(9)14)11(16)15-12(6,19-3)20-4/h3-7H,1-2H3,(H,20,21);4-6H2,1-3H3,(H,18,19);1-4H3,(H,15,16). The first-order chi connectivity index (χ1) is 31.3. The largest absolute Gasteiger partial charge is 0.494 e. The monoisotopic (exact) mass is 1080 g/mol. The molecule has 0 fully saturated rings. The number of carbonyl (C=O) groups is 3. The molecule has 24 heteroatoms. The maximum absolute atomic E-state index is 12.4. The number of unbranched alkanes of at least 4 members (excludes halogenated alkanes) is 1. The van der Waals surface area contributed by atoms with Gasteiger partial charge in [-0.15, -0.1) is 0 Å². The average molecular weight is 1080 g/mol. The van der Waals surface area contributed by atoms with Gasteiger partial charge in [0.1, 0.15) is 20.8 Å². The Bertz CT molecular complexity index is 2520. The Morgan fingerprint density at radius 2 is 0.833 bits per heavy atom. The fourth-order valence-electron chi connectivity index (χ4n) is 7.00. The minimum Gasteiger partial charge on any atom is -0.494 e. The van der Waals surface area contributed by atoms with Crippen LogP contribution in [-0.4, -0.2) is 81.2 Å². The molecule has 7 rings (SSSR count). The minimum atomic E-state index is -1.55. The molecule has 0 aromatic heterocycles. The molecule has 3 aliphatic heterocycles. The summed E-state index contributed by atoms with van der Waals surface area (Å²) < 4.78 is 53.4. The van der Waals surface area contributed by atoms with E-state index in [0.29, 0.717) is 12.4 Å². The number of amides is 3. The van der Waals surface area contributed by atoms with Gasteiger partial charge in [-0.25, -0.2) is 0 Å². The van der Waals surface area contributed by atoms with Gasteiger partial charge in [-0.3, -0.25) is 30.3 Å². The van der Waals surface area contributed by atoms with E-state index in [2.05, 4.69) is 16.0 Å². The van der Waals surface area contributed by atoms with Crippen molar-refractivity contribution >= 4 is 111 Å². The third-order valence-corrected chi connectivity index (χ3v) is 13.3. The molecule has 0 bridgehead atoms. The zero-order chi connectivity index (χ0) is 49.1.